The first-order valence-corrected chi connectivity index (χ1v) is 5.79. The van der Waals surface area contributed by atoms with E-state index in [0.717, 1.165) is 13.0 Å². The molecule has 0 unspecified atom stereocenters. The van der Waals surface area contributed by atoms with Gasteiger partial charge in [-0.25, -0.2) is 9.78 Å². The van der Waals surface area contributed by atoms with Gasteiger partial charge in [0, 0.05) is 24.8 Å². The number of aromatic nitrogens is 2. The van der Waals surface area contributed by atoms with Crippen molar-refractivity contribution in [3.8, 4) is 0 Å². The molecule has 5 heteroatoms. The smallest absolute Gasteiger partial charge is 0.310 e. The zero-order valence-corrected chi connectivity index (χ0v) is 10.7. The average molecular weight is 244 g/mol. The molecule has 1 N–H and O–H groups in total. The van der Waals surface area contributed by atoms with Gasteiger partial charge in [0.25, 0.3) is 0 Å². The monoisotopic (exact) mass is 243 g/mol. The van der Waals surface area contributed by atoms with E-state index in [1.165, 1.54) is 10.8 Å². The van der Waals surface area contributed by atoms with Crippen LogP contribution in [0.3, 0.4) is 0 Å². The van der Waals surface area contributed by atoms with E-state index in [4.69, 9.17) is 11.6 Å². The Hall–Kier alpha value is -0.870. The maximum absolute atomic E-state index is 11.4. The fraction of sp³-hybridized carbons (Fsp3) is 0.636. The van der Waals surface area contributed by atoms with Crippen LogP contribution in [-0.2, 0) is 6.54 Å². The van der Waals surface area contributed by atoms with Crippen LogP contribution in [0.1, 0.15) is 27.2 Å². The summed E-state index contributed by atoms with van der Waals surface area (Å²) in [6.45, 7) is 7.69. The van der Waals surface area contributed by atoms with Gasteiger partial charge in [0.15, 0.2) is 0 Å². The van der Waals surface area contributed by atoms with Crippen LogP contribution in [0.2, 0.25) is 5.02 Å². The minimum atomic E-state index is -0.263. The molecule has 0 saturated heterocycles. The van der Waals surface area contributed by atoms with E-state index in [-0.39, 0.29) is 11.2 Å². The lowest BCUT2D eigenvalue weighted by Crippen LogP contribution is -2.41. The lowest BCUT2D eigenvalue weighted by atomic mass is 10.0. The van der Waals surface area contributed by atoms with Crippen molar-refractivity contribution in [2.75, 3.05) is 6.54 Å². The summed E-state index contributed by atoms with van der Waals surface area (Å²) in [4.78, 5) is 15.0. The van der Waals surface area contributed by atoms with Gasteiger partial charge in [0.05, 0.1) is 11.2 Å². The summed E-state index contributed by atoms with van der Waals surface area (Å²) in [5.41, 5.74) is -0.171. The molecule has 1 aromatic heterocycles. The zero-order valence-electron chi connectivity index (χ0n) is 9.96. The second-order valence-corrected chi connectivity index (χ2v) is 4.85. The van der Waals surface area contributed by atoms with Crippen LogP contribution in [0.15, 0.2) is 17.2 Å². The molecular formula is C11H18ClN3O. The third kappa shape index (κ3) is 3.94. The van der Waals surface area contributed by atoms with Crippen molar-refractivity contribution in [1.29, 1.82) is 0 Å². The van der Waals surface area contributed by atoms with Crippen LogP contribution in [-0.4, -0.2) is 21.6 Å². The van der Waals surface area contributed by atoms with E-state index in [9.17, 15) is 4.79 Å². The molecule has 0 atom stereocenters. The van der Waals surface area contributed by atoms with Gasteiger partial charge in [-0.3, -0.25) is 4.57 Å². The van der Waals surface area contributed by atoms with E-state index in [1.807, 2.05) is 0 Å². The number of rotatable bonds is 5. The first kappa shape index (κ1) is 13.2. The highest BCUT2D eigenvalue weighted by Crippen LogP contribution is 2.06. The summed E-state index contributed by atoms with van der Waals surface area (Å²) in [6.07, 6.45) is 4.01. The van der Waals surface area contributed by atoms with Crippen LogP contribution < -0.4 is 11.0 Å². The second kappa shape index (κ2) is 5.46. The molecule has 0 fully saturated rings. The van der Waals surface area contributed by atoms with Crippen molar-refractivity contribution in [3.05, 3.63) is 27.9 Å². The SMILES string of the molecule is CCC(C)(C)NCCn1cc(Cl)cnc1=O. The molecule has 1 aromatic rings. The fourth-order valence-corrected chi connectivity index (χ4v) is 1.40. The van der Waals surface area contributed by atoms with E-state index in [0.29, 0.717) is 11.6 Å². The Labute approximate surface area is 101 Å². The molecular weight excluding hydrogens is 226 g/mol. The molecule has 0 aliphatic rings. The molecule has 0 radical (unpaired) electrons. The molecule has 0 saturated carbocycles. The Morgan fingerprint density at radius 3 is 2.88 bits per heavy atom. The Kier molecular flexibility index (Phi) is 4.50. The molecule has 16 heavy (non-hydrogen) atoms. The van der Waals surface area contributed by atoms with Crippen LogP contribution in [0, 0.1) is 0 Å². The first-order valence-electron chi connectivity index (χ1n) is 5.41. The lowest BCUT2D eigenvalue weighted by molar-refractivity contribution is 0.366. The largest absolute Gasteiger partial charge is 0.347 e. The average Bonchev–Trinajstić information content (AvgIpc) is 2.23. The molecule has 0 aromatic carbocycles. The topological polar surface area (TPSA) is 46.9 Å². The van der Waals surface area contributed by atoms with E-state index in [1.54, 1.807) is 6.20 Å². The highest BCUT2D eigenvalue weighted by Gasteiger charge is 2.12. The van der Waals surface area contributed by atoms with Gasteiger partial charge in [-0.15, -0.1) is 0 Å². The molecule has 0 bridgehead atoms. The van der Waals surface area contributed by atoms with Gasteiger partial charge < -0.3 is 5.32 Å². The van der Waals surface area contributed by atoms with Crippen LogP contribution in [0.4, 0.5) is 0 Å². The van der Waals surface area contributed by atoms with Crippen molar-refractivity contribution < 1.29 is 0 Å². The number of nitrogens with one attached hydrogen (secondary N) is 1. The summed E-state index contributed by atoms with van der Waals surface area (Å²) in [5.74, 6) is 0. The summed E-state index contributed by atoms with van der Waals surface area (Å²) in [5, 5.41) is 3.85. The third-order valence-electron chi connectivity index (χ3n) is 2.66. The second-order valence-electron chi connectivity index (χ2n) is 4.41. The number of hydrogen-bond donors (Lipinski definition) is 1. The molecule has 0 aliphatic carbocycles. The van der Waals surface area contributed by atoms with E-state index >= 15 is 0 Å². The third-order valence-corrected chi connectivity index (χ3v) is 2.86. The quantitative estimate of drug-likeness (QED) is 0.856. The zero-order chi connectivity index (χ0) is 12.2. The summed E-state index contributed by atoms with van der Waals surface area (Å²) >= 11 is 5.77. The Bertz CT molecular complexity index is 400. The predicted octanol–water partition coefficient (Wildman–Crippen LogP) is 1.67. The predicted molar refractivity (Wildman–Crippen MR) is 65.9 cm³/mol. The molecule has 0 aliphatic heterocycles. The Balaban J connectivity index is 2.55. The van der Waals surface area contributed by atoms with Crippen LogP contribution in [0.5, 0.6) is 0 Å². The van der Waals surface area contributed by atoms with Gasteiger partial charge >= 0.3 is 5.69 Å². The lowest BCUT2D eigenvalue weighted by Gasteiger charge is -2.24. The molecule has 90 valence electrons. The Morgan fingerprint density at radius 2 is 2.25 bits per heavy atom. The van der Waals surface area contributed by atoms with Crippen molar-refractivity contribution in [2.45, 2.75) is 39.3 Å². The van der Waals surface area contributed by atoms with Gasteiger partial charge in [0.2, 0.25) is 0 Å². The first-order chi connectivity index (χ1) is 7.44. The Morgan fingerprint density at radius 1 is 1.56 bits per heavy atom. The van der Waals surface area contributed by atoms with Crippen molar-refractivity contribution >= 4 is 11.6 Å². The van der Waals surface area contributed by atoms with Crippen molar-refractivity contribution in [2.24, 2.45) is 0 Å². The van der Waals surface area contributed by atoms with E-state index < -0.39 is 0 Å². The number of hydrogen-bond acceptors (Lipinski definition) is 3. The molecule has 1 rings (SSSR count). The van der Waals surface area contributed by atoms with Gasteiger partial charge in [-0.1, -0.05) is 18.5 Å². The van der Waals surface area contributed by atoms with Crippen molar-refractivity contribution in [1.82, 2.24) is 14.9 Å². The minimum Gasteiger partial charge on any atom is -0.310 e. The highest BCUT2D eigenvalue weighted by molar-refractivity contribution is 6.30. The highest BCUT2D eigenvalue weighted by atomic mass is 35.5. The van der Waals surface area contributed by atoms with Crippen molar-refractivity contribution in [3.63, 3.8) is 0 Å². The normalized spacial score (nSPS) is 11.8. The van der Waals surface area contributed by atoms with Crippen LogP contribution in [0.25, 0.3) is 0 Å². The minimum absolute atomic E-state index is 0.0929. The van der Waals surface area contributed by atoms with Crippen LogP contribution >= 0.6 is 11.6 Å². The maximum atomic E-state index is 11.4. The maximum Gasteiger partial charge on any atom is 0.347 e. The summed E-state index contributed by atoms with van der Waals surface area (Å²) < 4.78 is 1.51. The number of nitrogens with zero attached hydrogens (tertiary/aromatic N) is 2. The molecule has 0 amide bonds. The van der Waals surface area contributed by atoms with Gasteiger partial charge in [-0.05, 0) is 20.3 Å². The van der Waals surface area contributed by atoms with Gasteiger partial charge in [-0.2, -0.15) is 0 Å². The summed E-state index contributed by atoms with van der Waals surface area (Å²) in [6, 6.07) is 0. The standard InChI is InChI=1S/C11H18ClN3O/c1-4-11(2,3)14-5-6-15-8-9(12)7-13-10(15)16/h7-8,14H,4-6H2,1-3H3. The summed E-state index contributed by atoms with van der Waals surface area (Å²) in [7, 11) is 0. The number of halogens is 1. The molecule has 1 heterocycles. The van der Waals surface area contributed by atoms with E-state index in [2.05, 4.69) is 31.1 Å². The fourth-order valence-electron chi connectivity index (χ4n) is 1.23. The molecule has 0 spiro atoms. The molecule has 4 nitrogen and oxygen atoms in total. The van der Waals surface area contributed by atoms with Gasteiger partial charge in [0.1, 0.15) is 0 Å².